The third kappa shape index (κ3) is 1.65. The zero-order valence-electron chi connectivity index (χ0n) is 8.67. The summed E-state index contributed by atoms with van der Waals surface area (Å²) in [6.45, 7) is 2.09. The van der Waals surface area contributed by atoms with E-state index in [0.717, 1.165) is 24.8 Å². The van der Waals surface area contributed by atoms with Gasteiger partial charge in [0.2, 0.25) is 0 Å². The van der Waals surface area contributed by atoms with Crippen molar-refractivity contribution in [2.45, 2.75) is 26.2 Å². The third-order valence-corrected chi connectivity index (χ3v) is 2.59. The van der Waals surface area contributed by atoms with E-state index in [1.807, 2.05) is 6.08 Å². The minimum atomic E-state index is -0.270. The van der Waals surface area contributed by atoms with E-state index in [1.165, 1.54) is 0 Å². The number of nitrogens with one attached hydrogen (secondary N) is 1. The molecule has 0 saturated heterocycles. The molecule has 2 amide bonds. The van der Waals surface area contributed by atoms with Gasteiger partial charge in [0, 0.05) is 0 Å². The van der Waals surface area contributed by atoms with Gasteiger partial charge in [-0.05, 0) is 18.4 Å². The lowest BCUT2D eigenvalue weighted by Gasteiger charge is -2.09. The molecule has 0 saturated carbocycles. The van der Waals surface area contributed by atoms with Crippen LogP contribution in [-0.2, 0) is 9.59 Å². The average molecular weight is 203 g/mol. The molecule has 0 unspecified atom stereocenters. The number of unbranched alkanes of at least 4 members (excludes halogenated alkanes) is 1. The fourth-order valence-electron chi connectivity index (χ4n) is 1.86. The summed E-state index contributed by atoms with van der Waals surface area (Å²) in [5.74, 6) is -0.518. The third-order valence-electron chi connectivity index (χ3n) is 2.59. The van der Waals surface area contributed by atoms with Crippen molar-refractivity contribution in [3.8, 4) is 0 Å². The molecule has 1 N–H and O–H groups in total. The van der Waals surface area contributed by atoms with Gasteiger partial charge in [0.15, 0.2) is 0 Å². The number of hydrogen-bond donors (Lipinski definition) is 1. The Morgan fingerprint density at radius 3 is 2.93 bits per heavy atom. The number of rotatable bonds is 2. The summed E-state index contributed by atoms with van der Waals surface area (Å²) >= 11 is 0. The molecular formula is C12H13NO2. The van der Waals surface area contributed by atoms with Crippen LogP contribution in [0.1, 0.15) is 26.2 Å². The van der Waals surface area contributed by atoms with Crippen molar-refractivity contribution in [1.29, 1.82) is 0 Å². The monoisotopic (exact) mass is 203 g/mol. The van der Waals surface area contributed by atoms with Crippen molar-refractivity contribution >= 4 is 11.8 Å². The summed E-state index contributed by atoms with van der Waals surface area (Å²) in [5.41, 5.74) is 2.09. The van der Waals surface area contributed by atoms with Crippen molar-refractivity contribution in [2.24, 2.45) is 0 Å². The molecule has 0 bridgehead atoms. The van der Waals surface area contributed by atoms with E-state index in [4.69, 9.17) is 0 Å². The van der Waals surface area contributed by atoms with Crippen molar-refractivity contribution in [1.82, 2.24) is 5.32 Å². The van der Waals surface area contributed by atoms with Gasteiger partial charge in [0.05, 0.1) is 11.1 Å². The van der Waals surface area contributed by atoms with E-state index in [9.17, 15) is 9.59 Å². The van der Waals surface area contributed by atoms with Crippen molar-refractivity contribution in [3.05, 3.63) is 34.9 Å². The summed E-state index contributed by atoms with van der Waals surface area (Å²) in [7, 11) is 0. The zero-order valence-corrected chi connectivity index (χ0v) is 8.67. The van der Waals surface area contributed by atoms with Crippen LogP contribution in [0, 0.1) is 0 Å². The van der Waals surface area contributed by atoms with Crippen LogP contribution in [-0.4, -0.2) is 11.8 Å². The second-order valence-corrected chi connectivity index (χ2v) is 3.70. The molecule has 3 nitrogen and oxygen atoms in total. The molecule has 2 rings (SSSR count). The average Bonchev–Trinajstić information content (AvgIpc) is 2.53. The van der Waals surface area contributed by atoms with Crippen LogP contribution < -0.4 is 5.32 Å². The molecule has 0 radical (unpaired) electrons. The Bertz CT molecular complexity index is 413. The molecule has 1 aliphatic carbocycles. The maximum absolute atomic E-state index is 11.5. The van der Waals surface area contributed by atoms with Crippen molar-refractivity contribution in [2.75, 3.05) is 0 Å². The SMILES string of the molecule is CCCC=C1CC=CC2=C1C(=O)NC2=O. The van der Waals surface area contributed by atoms with E-state index in [-0.39, 0.29) is 11.8 Å². The molecule has 0 aromatic rings. The van der Waals surface area contributed by atoms with Crippen molar-refractivity contribution < 1.29 is 9.59 Å². The molecule has 0 aromatic heterocycles. The molecule has 1 heterocycles. The Balaban J connectivity index is 2.39. The molecule has 3 heteroatoms. The Kier molecular flexibility index (Phi) is 2.54. The molecule has 1 aliphatic heterocycles. The number of allylic oxidation sites excluding steroid dienone is 2. The molecule has 0 fully saturated rings. The van der Waals surface area contributed by atoms with Gasteiger partial charge in [-0.2, -0.15) is 0 Å². The first-order valence-electron chi connectivity index (χ1n) is 5.20. The summed E-state index contributed by atoms with van der Waals surface area (Å²) < 4.78 is 0. The van der Waals surface area contributed by atoms with E-state index < -0.39 is 0 Å². The van der Waals surface area contributed by atoms with Gasteiger partial charge in [-0.1, -0.05) is 31.6 Å². The van der Waals surface area contributed by atoms with Gasteiger partial charge in [0.25, 0.3) is 11.8 Å². The van der Waals surface area contributed by atoms with E-state index >= 15 is 0 Å². The molecular weight excluding hydrogens is 190 g/mol. The Labute approximate surface area is 88.5 Å². The standard InChI is InChI=1S/C12H13NO2/c1-2-3-5-8-6-4-7-9-10(8)12(15)13-11(9)14/h4-5,7H,2-3,6H2,1H3,(H,13,14,15). The second-order valence-electron chi connectivity index (χ2n) is 3.70. The van der Waals surface area contributed by atoms with Gasteiger partial charge in [0.1, 0.15) is 0 Å². The van der Waals surface area contributed by atoms with Gasteiger partial charge < -0.3 is 0 Å². The Morgan fingerprint density at radius 2 is 2.20 bits per heavy atom. The van der Waals surface area contributed by atoms with Gasteiger partial charge >= 0.3 is 0 Å². The lowest BCUT2D eigenvalue weighted by Crippen LogP contribution is -2.23. The van der Waals surface area contributed by atoms with Crippen LogP contribution in [0.25, 0.3) is 0 Å². The van der Waals surface area contributed by atoms with Crippen LogP contribution in [0.15, 0.2) is 34.9 Å². The normalized spacial score (nSPS) is 22.3. The first kappa shape index (κ1) is 9.90. The summed E-state index contributed by atoms with van der Waals surface area (Å²) in [4.78, 5) is 22.9. The van der Waals surface area contributed by atoms with Gasteiger partial charge in [-0.15, -0.1) is 0 Å². The molecule has 15 heavy (non-hydrogen) atoms. The topological polar surface area (TPSA) is 46.2 Å². The minimum Gasteiger partial charge on any atom is -0.288 e. The van der Waals surface area contributed by atoms with Crippen LogP contribution in [0.2, 0.25) is 0 Å². The summed E-state index contributed by atoms with van der Waals surface area (Å²) in [5, 5.41) is 2.32. The predicted molar refractivity (Wildman–Crippen MR) is 56.9 cm³/mol. The van der Waals surface area contributed by atoms with Gasteiger partial charge in [-0.3, -0.25) is 14.9 Å². The maximum Gasteiger partial charge on any atom is 0.259 e. The fraction of sp³-hybridized carbons (Fsp3) is 0.333. The smallest absolute Gasteiger partial charge is 0.259 e. The fourth-order valence-corrected chi connectivity index (χ4v) is 1.86. The Hall–Kier alpha value is -1.64. The van der Waals surface area contributed by atoms with Crippen LogP contribution in [0.5, 0.6) is 0 Å². The number of amides is 2. The molecule has 2 aliphatic rings. The second kappa shape index (κ2) is 3.85. The zero-order chi connectivity index (χ0) is 10.8. The highest BCUT2D eigenvalue weighted by Gasteiger charge is 2.31. The first-order chi connectivity index (χ1) is 7.24. The van der Waals surface area contributed by atoms with Crippen LogP contribution >= 0.6 is 0 Å². The number of carbonyl (C=O) groups excluding carboxylic acids is 2. The maximum atomic E-state index is 11.5. The van der Waals surface area contributed by atoms with Crippen molar-refractivity contribution in [3.63, 3.8) is 0 Å². The van der Waals surface area contributed by atoms with Crippen LogP contribution in [0.3, 0.4) is 0 Å². The molecule has 0 atom stereocenters. The number of carbonyl (C=O) groups is 2. The highest BCUT2D eigenvalue weighted by Crippen LogP contribution is 2.29. The molecule has 0 aromatic carbocycles. The number of hydrogen-bond acceptors (Lipinski definition) is 2. The lowest BCUT2D eigenvalue weighted by molar-refractivity contribution is -0.123. The van der Waals surface area contributed by atoms with E-state index in [0.29, 0.717) is 11.1 Å². The summed E-state index contributed by atoms with van der Waals surface area (Å²) in [6, 6.07) is 0. The quantitative estimate of drug-likeness (QED) is 0.693. The lowest BCUT2D eigenvalue weighted by atomic mass is 9.93. The van der Waals surface area contributed by atoms with Crippen LogP contribution in [0.4, 0.5) is 0 Å². The highest BCUT2D eigenvalue weighted by atomic mass is 16.2. The summed E-state index contributed by atoms with van der Waals surface area (Å²) in [6.07, 6.45) is 8.46. The Morgan fingerprint density at radius 1 is 1.40 bits per heavy atom. The highest BCUT2D eigenvalue weighted by molar-refractivity contribution is 6.23. The van der Waals surface area contributed by atoms with E-state index in [1.54, 1.807) is 6.08 Å². The molecule has 78 valence electrons. The number of imide groups is 1. The first-order valence-corrected chi connectivity index (χ1v) is 5.20. The van der Waals surface area contributed by atoms with Gasteiger partial charge in [-0.25, -0.2) is 0 Å². The molecule has 0 spiro atoms. The predicted octanol–water partition coefficient (Wildman–Crippen LogP) is 1.63. The largest absolute Gasteiger partial charge is 0.288 e. The minimum absolute atomic E-state index is 0.248. The van der Waals surface area contributed by atoms with E-state index in [2.05, 4.69) is 18.3 Å².